The number of rotatable bonds is 3. The van der Waals surface area contributed by atoms with Crippen LogP contribution in [-0.2, 0) is 51.1 Å². The van der Waals surface area contributed by atoms with E-state index in [-0.39, 0.29) is 5.82 Å². The van der Waals surface area contributed by atoms with Gasteiger partial charge >= 0.3 is 6.03 Å². The van der Waals surface area contributed by atoms with Gasteiger partial charge in [0.2, 0.25) is 0 Å². The molecule has 8 heteroatoms. The molecule has 0 heterocycles. The van der Waals surface area contributed by atoms with E-state index in [0.717, 1.165) is 24.0 Å². The molecule has 2 aromatic rings. The highest BCUT2D eigenvalue weighted by molar-refractivity contribution is 8.31. The summed E-state index contributed by atoms with van der Waals surface area (Å²) in [7, 11) is -3.19. The summed E-state index contributed by atoms with van der Waals surface area (Å²) in [5.41, 5.74) is 3.21. The molecule has 0 fully saturated rings. The van der Waals surface area contributed by atoms with Gasteiger partial charge in [-0.05, 0) is 104 Å². The Morgan fingerprint density at radius 1 is 1.13 bits per heavy atom. The monoisotopic (exact) mass is 448 g/mol. The zero-order valence-electron chi connectivity index (χ0n) is 17.0. The highest BCUT2D eigenvalue weighted by atomic mass is 32.8. The molecule has 0 spiro atoms. The lowest BCUT2D eigenvalue weighted by molar-refractivity contribution is 0.0784. The van der Waals surface area contributed by atoms with Crippen LogP contribution in [0.25, 0.3) is 0 Å². The summed E-state index contributed by atoms with van der Waals surface area (Å²) in [4.78, 5) is 13.0. The van der Waals surface area contributed by atoms with Crippen LogP contribution in [0.3, 0.4) is 0 Å². The van der Waals surface area contributed by atoms with Crippen molar-refractivity contribution in [3.05, 3.63) is 57.9 Å². The van der Waals surface area contributed by atoms with E-state index in [1.165, 1.54) is 0 Å². The summed E-state index contributed by atoms with van der Waals surface area (Å²) in [5, 5.41) is 13.0. The Morgan fingerprint density at radius 2 is 1.70 bits per heavy atom. The molecule has 3 N–H and O–H groups in total. The Morgan fingerprint density at radius 3 is 2.27 bits per heavy atom. The normalized spacial score (nSPS) is 17.2. The van der Waals surface area contributed by atoms with Crippen LogP contribution in [0.2, 0.25) is 0 Å². The number of urea groups is 1. The summed E-state index contributed by atoms with van der Waals surface area (Å²) in [6, 6.07) is 5.83. The van der Waals surface area contributed by atoms with Crippen molar-refractivity contribution in [2.24, 2.45) is 4.36 Å². The number of nitrogens with zero attached hydrogens (tertiary/aromatic N) is 1. The number of carbonyl (C=O) groups is 1. The highest BCUT2D eigenvalue weighted by Gasteiger charge is 2.29. The van der Waals surface area contributed by atoms with E-state index >= 15 is 0 Å². The lowest BCUT2D eigenvalue weighted by Gasteiger charge is -2.19. The van der Waals surface area contributed by atoms with Gasteiger partial charge in [0, 0.05) is 10.6 Å². The van der Waals surface area contributed by atoms with Gasteiger partial charge in [0.15, 0.2) is 0 Å². The van der Waals surface area contributed by atoms with Gasteiger partial charge in [0.05, 0.1) is 14.3 Å². The highest BCUT2D eigenvalue weighted by Crippen LogP contribution is 2.41. The number of fused-ring (bicyclic) bond motifs is 2. The fourth-order valence-electron chi connectivity index (χ4n) is 4.38. The van der Waals surface area contributed by atoms with Gasteiger partial charge in [-0.3, -0.25) is 0 Å². The smallest absolute Gasteiger partial charge is 0.353 e. The van der Waals surface area contributed by atoms with Gasteiger partial charge in [0.25, 0.3) is 0 Å². The number of hydrogen-bond donors (Lipinski definition) is 3. The first-order chi connectivity index (χ1) is 14.1. The molecule has 2 aliphatic rings. The number of carbonyl (C=O) groups excluding carboxylic acids is 1. The van der Waals surface area contributed by atoms with Crippen molar-refractivity contribution in [1.29, 1.82) is 0 Å². The van der Waals surface area contributed by atoms with Crippen molar-refractivity contribution in [3.63, 3.8) is 0 Å². The fourth-order valence-corrected chi connectivity index (χ4v) is 5.80. The molecule has 2 aliphatic carbocycles. The standard InChI is InChI=1S/C22H25FN2O3S2/c1-22(2,27)13-6-3-7-14(12-13)30(28,29)25-21(26)24-20-17-10-4-8-15(17)19(23)16-9-5-11-18(16)20/h3,6-7,12,27H,4-5,8-11H2,1-2H3,(H2,24,25,26,28,29). The average molecular weight is 449 g/mol. The van der Waals surface area contributed by atoms with E-state index in [1.54, 1.807) is 38.1 Å². The van der Waals surface area contributed by atoms with Gasteiger partial charge in [0.1, 0.15) is 5.82 Å². The molecule has 0 saturated carbocycles. The first-order valence-electron chi connectivity index (χ1n) is 10.1. The topological polar surface area (TPSA) is 81.9 Å². The van der Waals surface area contributed by atoms with Crippen molar-refractivity contribution in [3.8, 4) is 0 Å². The maximum Gasteiger partial charge on any atom is 0.353 e. The number of aliphatic hydroxyl groups is 1. The van der Waals surface area contributed by atoms with Crippen molar-refractivity contribution in [2.45, 2.75) is 62.9 Å². The Bertz CT molecular complexity index is 1130. The Balaban J connectivity index is 1.69. The second-order valence-corrected chi connectivity index (χ2v) is 11.5. The second-order valence-electron chi connectivity index (χ2n) is 8.42. The summed E-state index contributed by atoms with van der Waals surface area (Å²) < 4.78 is 29.5. The van der Waals surface area contributed by atoms with Crippen LogP contribution in [0.1, 0.15) is 54.5 Å². The predicted molar refractivity (Wildman–Crippen MR) is 119 cm³/mol. The minimum atomic E-state index is -3.19. The molecule has 160 valence electrons. The van der Waals surface area contributed by atoms with Crippen molar-refractivity contribution < 1.29 is 18.8 Å². The van der Waals surface area contributed by atoms with E-state index < -0.39 is 20.3 Å². The molecule has 0 aliphatic heterocycles. The minimum Gasteiger partial charge on any atom is -0.386 e. The molecule has 1 atom stereocenters. The number of anilines is 1. The maximum atomic E-state index is 14.8. The molecular weight excluding hydrogens is 423 g/mol. The van der Waals surface area contributed by atoms with E-state index in [4.69, 9.17) is 11.2 Å². The molecular formula is C22H25FN2O3S2. The summed E-state index contributed by atoms with van der Waals surface area (Å²) in [5.74, 6) is -0.112. The van der Waals surface area contributed by atoms with Crippen LogP contribution >= 0.6 is 0 Å². The minimum absolute atomic E-state index is 0.112. The number of halogens is 1. The Labute approximate surface area is 180 Å². The molecule has 0 saturated heterocycles. The fraction of sp³-hybridized carbons (Fsp3) is 0.409. The van der Waals surface area contributed by atoms with E-state index in [0.29, 0.717) is 53.0 Å². The van der Waals surface area contributed by atoms with Crippen molar-refractivity contribution in [2.75, 3.05) is 5.32 Å². The van der Waals surface area contributed by atoms with E-state index in [9.17, 15) is 18.8 Å². The number of benzene rings is 2. The molecule has 2 amide bonds. The molecule has 0 radical (unpaired) electrons. The lowest BCUT2D eigenvalue weighted by Crippen LogP contribution is -2.17. The van der Waals surface area contributed by atoms with E-state index in [2.05, 4.69) is 9.68 Å². The van der Waals surface area contributed by atoms with Crippen LogP contribution in [0.5, 0.6) is 0 Å². The third kappa shape index (κ3) is 3.89. The molecule has 0 aromatic heterocycles. The van der Waals surface area contributed by atoms with Gasteiger partial charge in [-0.1, -0.05) is 12.1 Å². The predicted octanol–water partition coefficient (Wildman–Crippen LogP) is 4.89. The second kappa shape index (κ2) is 7.67. The van der Waals surface area contributed by atoms with Crippen LogP contribution in [0.15, 0.2) is 33.5 Å². The van der Waals surface area contributed by atoms with Crippen LogP contribution in [0.4, 0.5) is 14.9 Å². The van der Waals surface area contributed by atoms with Gasteiger partial charge in [-0.25, -0.2) is 9.18 Å². The SMILES string of the molecule is CC(C)(O)c1cccc(S(O)(=S)=NC(=O)Nc2c3c(c(F)c4c2CCC4)CCC3)c1. The van der Waals surface area contributed by atoms with Crippen LogP contribution < -0.4 is 5.32 Å². The summed E-state index contributed by atoms with van der Waals surface area (Å²) in [6.45, 7) is 3.26. The van der Waals surface area contributed by atoms with Crippen LogP contribution in [-0.4, -0.2) is 15.7 Å². The Hall–Kier alpha value is -1.87. The molecule has 30 heavy (non-hydrogen) atoms. The van der Waals surface area contributed by atoms with Crippen molar-refractivity contribution in [1.82, 2.24) is 0 Å². The molecule has 4 rings (SSSR count). The number of hydrogen-bond acceptors (Lipinski definition) is 3. The Kier molecular flexibility index (Phi) is 5.47. The first kappa shape index (κ1) is 21.4. The van der Waals surface area contributed by atoms with Gasteiger partial charge in [-0.15, -0.1) is 4.36 Å². The zero-order chi connectivity index (χ0) is 21.7. The quantitative estimate of drug-likeness (QED) is 0.624. The zero-order valence-corrected chi connectivity index (χ0v) is 18.6. The largest absolute Gasteiger partial charge is 0.386 e. The van der Waals surface area contributed by atoms with Crippen LogP contribution in [0, 0.1) is 5.82 Å². The first-order valence-corrected chi connectivity index (χ1v) is 12.5. The number of nitrogens with one attached hydrogen (secondary N) is 1. The molecule has 2 aromatic carbocycles. The van der Waals surface area contributed by atoms with Gasteiger partial charge in [-0.2, -0.15) is 0 Å². The molecule has 1 unspecified atom stereocenters. The molecule has 5 nitrogen and oxygen atoms in total. The average Bonchev–Trinajstić information content (AvgIpc) is 3.34. The summed E-state index contributed by atoms with van der Waals surface area (Å²) >= 11 is 5.27. The number of amides is 2. The van der Waals surface area contributed by atoms with Gasteiger partial charge < -0.3 is 15.0 Å². The van der Waals surface area contributed by atoms with E-state index in [1.807, 2.05) is 0 Å². The van der Waals surface area contributed by atoms with Crippen molar-refractivity contribution >= 4 is 31.6 Å². The maximum absolute atomic E-state index is 14.8. The summed E-state index contributed by atoms with van der Waals surface area (Å²) in [6.07, 6.45) is 4.49. The third-order valence-electron chi connectivity index (χ3n) is 5.86. The lowest BCUT2D eigenvalue weighted by atomic mass is 9.98. The third-order valence-corrected chi connectivity index (χ3v) is 7.94. The molecule has 0 bridgehead atoms.